The number of nitrogens with zero attached hydrogens (tertiary/aromatic N) is 2. The minimum Gasteiger partial charge on any atom is -0.481 e. The predicted octanol–water partition coefficient (Wildman–Crippen LogP) is 3.68. The molecule has 3 aromatic rings. The number of halogens is 2. The maximum atomic E-state index is 14.4. The Morgan fingerprint density at radius 2 is 1.81 bits per heavy atom. The number of carboxylic acids is 1. The number of benzene rings is 2. The summed E-state index contributed by atoms with van der Waals surface area (Å²) >= 11 is 0. The van der Waals surface area contributed by atoms with E-state index in [-0.39, 0.29) is 22.9 Å². The van der Waals surface area contributed by atoms with E-state index in [1.165, 1.54) is 10.6 Å². The van der Waals surface area contributed by atoms with Crippen molar-refractivity contribution in [2.24, 2.45) is 0 Å². The van der Waals surface area contributed by atoms with E-state index in [9.17, 15) is 23.5 Å². The Morgan fingerprint density at radius 1 is 1.16 bits per heavy atom. The number of hydrogen-bond donors (Lipinski definition) is 3. The number of rotatable bonds is 5. The average Bonchev–Trinajstić information content (AvgIpc) is 3.07. The number of anilines is 2. The third kappa shape index (κ3) is 3.52. The molecule has 9 heteroatoms. The summed E-state index contributed by atoms with van der Waals surface area (Å²) in [5.41, 5.74) is -0.0559. The van der Waals surface area contributed by atoms with Crippen LogP contribution < -0.4 is 10.6 Å². The number of aromatic nitrogens is 2. The van der Waals surface area contributed by atoms with E-state index < -0.39 is 28.9 Å². The fourth-order valence-electron chi connectivity index (χ4n) is 3.49. The van der Waals surface area contributed by atoms with Crippen LogP contribution in [0.5, 0.6) is 0 Å². The zero-order valence-electron chi connectivity index (χ0n) is 16.9. The Bertz CT molecular complexity index is 1170. The van der Waals surface area contributed by atoms with Gasteiger partial charge in [-0.2, -0.15) is 0 Å². The minimum atomic E-state index is -1.07. The number of carbonyl (C=O) groups excluding carboxylic acids is 1. The van der Waals surface area contributed by atoms with Crippen molar-refractivity contribution in [2.45, 2.75) is 25.8 Å². The number of carbonyl (C=O) groups is 2. The number of hydrogen-bond acceptors (Lipinski definition) is 4. The van der Waals surface area contributed by atoms with E-state index in [4.69, 9.17) is 0 Å². The predicted molar refractivity (Wildman–Crippen MR) is 110 cm³/mol. The monoisotopic (exact) mass is 426 g/mol. The number of imidazole rings is 1. The quantitative estimate of drug-likeness (QED) is 0.579. The molecule has 7 nitrogen and oxygen atoms in total. The van der Waals surface area contributed by atoms with Gasteiger partial charge in [-0.25, -0.2) is 13.8 Å². The van der Waals surface area contributed by atoms with Crippen LogP contribution in [0.1, 0.15) is 29.9 Å². The molecular weight excluding hydrogens is 406 g/mol. The van der Waals surface area contributed by atoms with E-state index in [0.29, 0.717) is 24.3 Å². The van der Waals surface area contributed by atoms with Gasteiger partial charge in [-0.05, 0) is 43.7 Å². The number of nitrogens with one attached hydrogen (secondary N) is 2. The molecule has 31 heavy (non-hydrogen) atoms. The molecule has 0 saturated heterocycles. The molecule has 0 unspecified atom stereocenters. The summed E-state index contributed by atoms with van der Waals surface area (Å²) in [6.45, 7) is 3.82. The maximum absolute atomic E-state index is 14.4. The Kier molecular flexibility index (Phi) is 4.96. The van der Waals surface area contributed by atoms with E-state index in [2.05, 4.69) is 15.6 Å². The lowest BCUT2D eigenvalue weighted by Gasteiger charge is -2.20. The van der Waals surface area contributed by atoms with Crippen LogP contribution in [0.4, 0.5) is 20.3 Å². The van der Waals surface area contributed by atoms with Gasteiger partial charge in [-0.1, -0.05) is 18.2 Å². The summed E-state index contributed by atoms with van der Waals surface area (Å²) in [5.74, 6) is -2.74. The zero-order valence-corrected chi connectivity index (χ0v) is 16.9. The van der Waals surface area contributed by atoms with Crippen molar-refractivity contribution >= 4 is 23.4 Å². The lowest BCUT2D eigenvalue weighted by atomic mass is 9.85. The molecule has 2 aromatic carbocycles. The van der Waals surface area contributed by atoms with Crippen molar-refractivity contribution in [3.63, 3.8) is 0 Å². The second-order valence-corrected chi connectivity index (χ2v) is 7.77. The number of aliphatic carboxylic acids is 1. The normalized spacial score (nSPS) is 13.5. The van der Waals surface area contributed by atoms with E-state index >= 15 is 0 Å². The standard InChI is InChI=1S/C22H20F2N4O3/c1-22(2,21(30)31)12-6-8-13(9-7-12)26-18-17-20(29)25-10-11-28(17)19(27-18)16-14(23)4-3-5-15(16)24/h3-9,26H,10-11H2,1-2H3,(H,25,29)(H,30,31). The highest BCUT2D eigenvalue weighted by atomic mass is 19.1. The molecule has 2 heterocycles. The molecule has 1 aromatic heterocycles. The Hall–Kier alpha value is -3.75. The topological polar surface area (TPSA) is 96.2 Å². The second-order valence-electron chi connectivity index (χ2n) is 7.77. The van der Waals surface area contributed by atoms with Gasteiger partial charge in [0.15, 0.2) is 11.5 Å². The largest absolute Gasteiger partial charge is 0.481 e. The average molecular weight is 426 g/mol. The molecule has 1 amide bonds. The summed E-state index contributed by atoms with van der Waals surface area (Å²) < 4.78 is 30.3. The van der Waals surface area contributed by atoms with Crippen LogP contribution in [0.25, 0.3) is 11.4 Å². The summed E-state index contributed by atoms with van der Waals surface area (Å²) in [6.07, 6.45) is 0. The van der Waals surface area contributed by atoms with E-state index in [0.717, 1.165) is 12.1 Å². The van der Waals surface area contributed by atoms with Gasteiger partial charge in [0.05, 0.1) is 11.0 Å². The molecule has 0 atom stereocenters. The smallest absolute Gasteiger partial charge is 0.313 e. The minimum absolute atomic E-state index is 0.0200. The third-order valence-corrected chi connectivity index (χ3v) is 5.39. The molecule has 160 valence electrons. The van der Waals surface area contributed by atoms with Crippen LogP contribution in [0, 0.1) is 11.6 Å². The molecular formula is C22H20F2N4O3. The van der Waals surface area contributed by atoms with Crippen molar-refractivity contribution in [3.05, 3.63) is 65.4 Å². The van der Waals surface area contributed by atoms with Crippen LogP contribution >= 0.6 is 0 Å². The number of carboxylic acid groups (broad SMARTS) is 1. The Labute approximate surface area is 176 Å². The van der Waals surface area contributed by atoms with E-state index in [1.54, 1.807) is 38.1 Å². The molecule has 0 spiro atoms. The van der Waals surface area contributed by atoms with Gasteiger partial charge in [-0.3, -0.25) is 9.59 Å². The van der Waals surface area contributed by atoms with E-state index in [1.807, 2.05) is 0 Å². The molecule has 4 rings (SSSR count). The van der Waals surface area contributed by atoms with Crippen LogP contribution in [0.3, 0.4) is 0 Å². The molecule has 3 N–H and O–H groups in total. The first-order valence-electron chi connectivity index (χ1n) is 9.64. The summed E-state index contributed by atoms with van der Waals surface area (Å²) in [4.78, 5) is 28.3. The second kappa shape index (κ2) is 7.50. The van der Waals surface area contributed by atoms with Crippen molar-refractivity contribution in [3.8, 4) is 11.4 Å². The highest BCUT2D eigenvalue weighted by molar-refractivity contribution is 5.99. The van der Waals surface area contributed by atoms with Crippen LogP contribution in [0.15, 0.2) is 42.5 Å². The lowest BCUT2D eigenvalue weighted by Crippen LogP contribution is -2.35. The van der Waals surface area contributed by atoms with Gasteiger partial charge >= 0.3 is 5.97 Å². The molecule has 0 bridgehead atoms. The Morgan fingerprint density at radius 3 is 2.42 bits per heavy atom. The molecule has 0 fully saturated rings. The SMILES string of the molecule is CC(C)(C(=O)O)c1ccc(Nc2nc(-c3c(F)cccc3F)n3c2C(=O)NCC3)cc1. The zero-order chi connectivity index (χ0) is 22.3. The van der Waals surface area contributed by atoms with Gasteiger partial charge < -0.3 is 20.3 Å². The van der Waals surface area contributed by atoms with Crippen molar-refractivity contribution < 1.29 is 23.5 Å². The molecule has 0 radical (unpaired) electrons. The lowest BCUT2D eigenvalue weighted by molar-refractivity contribution is -0.142. The highest BCUT2D eigenvalue weighted by Gasteiger charge is 2.31. The van der Waals surface area contributed by atoms with Gasteiger partial charge in [-0.15, -0.1) is 0 Å². The molecule has 1 aliphatic heterocycles. The first-order valence-corrected chi connectivity index (χ1v) is 9.64. The van der Waals surface area contributed by atoms with Crippen LogP contribution in [0.2, 0.25) is 0 Å². The summed E-state index contributed by atoms with van der Waals surface area (Å²) in [7, 11) is 0. The van der Waals surface area contributed by atoms with Gasteiger partial charge in [0.25, 0.3) is 5.91 Å². The third-order valence-electron chi connectivity index (χ3n) is 5.39. The van der Waals surface area contributed by atoms with Gasteiger partial charge in [0.1, 0.15) is 17.5 Å². The Balaban J connectivity index is 1.75. The van der Waals surface area contributed by atoms with Crippen molar-refractivity contribution in [1.29, 1.82) is 0 Å². The fourth-order valence-corrected chi connectivity index (χ4v) is 3.49. The van der Waals surface area contributed by atoms with Gasteiger partial charge in [0.2, 0.25) is 0 Å². The van der Waals surface area contributed by atoms with Crippen molar-refractivity contribution in [2.75, 3.05) is 11.9 Å². The molecule has 0 saturated carbocycles. The van der Waals surface area contributed by atoms with Crippen LogP contribution in [-0.4, -0.2) is 33.1 Å². The van der Waals surface area contributed by atoms with Crippen LogP contribution in [-0.2, 0) is 16.8 Å². The highest BCUT2D eigenvalue weighted by Crippen LogP contribution is 2.33. The van der Waals surface area contributed by atoms with Gasteiger partial charge in [0, 0.05) is 18.8 Å². The summed E-state index contributed by atoms with van der Waals surface area (Å²) in [5, 5.41) is 15.1. The first-order chi connectivity index (χ1) is 14.7. The molecule has 1 aliphatic rings. The maximum Gasteiger partial charge on any atom is 0.313 e. The summed E-state index contributed by atoms with van der Waals surface area (Å²) in [6, 6.07) is 10.2. The van der Waals surface area contributed by atoms with Crippen molar-refractivity contribution in [1.82, 2.24) is 14.9 Å². The first kappa shape index (κ1) is 20.5. The fraction of sp³-hybridized carbons (Fsp3) is 0.227. The number of amides is 1. The molecule has 0 aliphatic carbocycles. The number of fused-ring (bicyclic) bond motifs is 1.